The Hall–Kier alpha value is -1.09. The molecule has 0 bridgehead atoms. The maximum absolute atomic E-state index is 10.3. The Morgan fingerprint density at radius 2 is 1.96 bits per heavy atom. The molecule has 0 unspecified atom stereocenters. The van der Waals surface area contributed by atoms with E-state index in [9.17, 15) is 10.2 Å². The van der Waals surface area contributed by atoms with Crippen LogP contribution in [0.4, 0.5) is 5.82 Å². The SMILES string of the molecule is C[C@@H]1S[C@@H](n2cnc3c(NC4CCCCC4)nc(Cl)nc32)[C@H](O)[C@@H]1O. The van der Waals surface area contributed by atoms with Gasteiger partial charge in [0.2, 0.25) is 5.28 Å². The van der Waals surface area contributed by atoms with E-state index < -0.39 is 12.2 Å². The van der Waals surface area contributed by atoms with Crippen molar-refractivity contribution in [3.63, 3.8) is 0 Å². The molecule has 1 saturated carbocycles. The highest BCUT2D eigenvalue weighted by Crippen LogP contribution is 2.43. The number of thioether (sulfide) groups is 1. The second-order valence-electron chi connectivity index (χ2n) is 6.86. The molecule has 136 valence electrons. The van der Waals surface area contributed by atoms with Crippen molar-refractivity contribution in [2.75, 3.05) is 5.32 Å². The first kappa shape index (κ1) is 17.3. The molecule has 3 heterocycles. The summed E-state index contributed by atoms with van der Waals surface area (Å²) >= 11 is 7.65. The molecule has 3 N–H and O–H groups in total. The van der Waals surface area contributed by atoms with Crippen LogP contribution in [-0.2, 0) is 0 Å². The molecular formula is C16H22ClN5O2S. The van der Waals surface area contributed by atoms with Crippen molar-refractivity contribution in [3.8, 4) is 0 Å². The predicted octanol–water partition coefficient (Wildman–Crippen LogP) is 2.58. The van der Waals surface area contributed by atoms with Crippen molar-refractivity contribution < 1.29 is 10.2 Å². The molecule has 2 aliphatic rings. The predicted molar refractivity (Wildman–Crippen MR) is 98.9 cm³/mol. The molecule has 0 spiro atoms. The van der Waals surface area contributed by atoms with Crippen LogP contribution in [0.5, 0.6) is 0 Å². The molecule has 1 aliphatic carbocycles. The lowest BCUT2D eigenvalue weighted by Gasteiger charge is -2.23. The zero-order chi connectivity index (χ0) is 17.6. The Morgan fingerprint density at radius 1 is 1.20 bits per heavy atom. The van der Waals surface area contributed by atoms with E-state index in [0.717, 1.165) is 12.8 Å². The number of nitrogens with one attached hydrogen (secondary N) is 1. The zero-order valence-electron chi connectivity index (χ0n) is 14.0. The van der Waals surface area contributed by atoms with E-state index >= 15 is 0 Å². The van der Waals surface area contributed by atoms with Crippen LogP contribution in [0.25, 0.3) is 11.2 Å². The van der Waals surface area contributed by atoms with Crippen molar-refractivity contribution in [2.24, 2.45) is 0 Å². The van der Waals surface area contributed by atoms with Crippen molar-refractivity contribution in [1.82, 2.24) is 19.5 Å². The van der Waals surface area contributed by atoms with Crippen LogP contribution >= 0.6 is 23.4 Å². The molecule has 0 aromatic carbocycles. The topological polar surface area (TPSA) is 96.1 Å². The Balaban J connectivity index is 1.69. The summed E-state index contributed by atoms with van der Waals surface area (Å²) in [5.74, 6) is 0.645. The van der Waals surface area contributed by atoms with Gasteiger partial charge in [0.25, 0.3) is 0 Å². The number of hydrogen-bond acceptors (Lipinski definition) is 7. The van der Waals surface area contributed by atoms with Crippen LogP contribution in [0.15, 0.2) is 6.33 Å². The Bertz CT molecular complexity index is 766. The fourth-order valence-corrected chi connectivity index (χ4v) is 5.21. The molecule has 25 heavy (non-hydrogen) atoms. The number of imidazole rings is 1. The summed E-state index contributed by atoms with van der Waals surface area (Å²) in [5.41, 5.74) is 1.23. The summed E-state index contributed by atoms with van der Waals surface area (Å²) in [4.78, 5) is 13.1. The van der Waals surface area contributed by atoms with Gasteiger partial charge < -0.3 is 15.5 Å². The number of fused-ring (bicyclic) bond motifs is 1. The smallest absolute Gasteiger partial charge is 0.226 e. The summed E-state index contributed by atoms with van der Waals surface area (Å²) in [6.45, 7) is 1.90. The van der Waals surface area contributed by atoms with Crippen molar-refractivity contribution in [1.29, 1.82) is 0 Å². The van der Waals surface area contributed by atoms with Crippen LogP contribution < -0.4 is 5.32 Å². The lowest BCUT2D eigenvalue weighted by Crippen LogP contribution is -2.30. The van der Waals surface area contributed by atoms with Crippen LogP contribution in [-0.4, -0.2) is 53.2 Å². The normalized spacial score (nSPS) is 30.9. The van der Waals surface area contributed by atoms with Crippen LogP contribution in [0.1, 0.15) is 44.4 Å². The van der Waals surface area contributed by atoms with E-state index in [4.69, 9.17) is 11.6 Å². The maximum Gasteiger partial charge on any atom is 0.226 e. The summed E-state index contributed by atoms with van der Waals surface area (Å²) in [5, 5.41) is 23.6. The van der Waals surface area contributed by atoms with E-state index in [1.54, 1.807) is 10.9 Å². The molecular weight excluding hydrogens is 362 g/mol. The molecule has 2 aromatic rings. The Morgan fingerprint density at radius 3 is 2.64 bits per heavy atom. The molecule has 4 atom stereocenters. The maximum atomic E-state index is 10.3. The summed E-state index contributed by atoms with van der Waals surface area (Å²) in [6, 6.07) is 0.376. The van der Waals surface area contributed by atoms with E-state index in [1.165, 1.54) is 31.0 Å². The van der Waals surface area contributed by atoms with Gasteiger partial charge in [-0.05, 0) is 24.4 Å². The van der Waals surface area contributed by atoms with Gasteiger partial charge in [0.1, 0.15) is 11.5 Å². The van der Waals surface area contributed by atoms with Crippen molar-refractivity contribution in [3.05, 3.63) is 11.6 Å². The molecule has 2 aromatic heterocycles. The summed E-state index contributed by atoms with van der Waals surface area (Å²) < 4.78 is 1.79. The van der Waals surface area contributed by atoms with Gasteiger partial charge in [-0.2, -0.15) is 9.97 Å². The number of aromatic nitrogens is 4. The van der Waals surface area contributed by atoms with E-state index in [1.807, 2.05) is 6.92 Å². The lowest BCUT2D eigenvalue weighted by atomic mass is 9.95. The number of nitrogens with zero attached hydrogens (tertiary/aromatic N) is 4. The number of aliphatic hydroxyl groups is 2. The van der Waals surface area contributed by atoms with Gasteiger partial charge in [-0.15, -0.1) is 11.8 Å². The molecule has 1 saturated heterocycles. The van der Waals surface area contributed by atoms with Gasteiger partial charge >= 0.3 is 0 Å². The van der Waals surface area contributed by atoms with Crippen LogP contribution in [0.2, 0.25) is 5.28 Å². The number of aliphatic hydroxyl groups excluding tert-OH is 2. The zero-order valence-corrected chi connectivity index (χ0v) is 15.5. The van der Waals surface area contributed by atoms with Crippen molar-refractivity contribution >= 4 is 40.3 Å². The number of anilines is 1. The molecule has 7 nitrogen and oxygen atoms in total. The van der Waals surface area contributed by atoms with Crippen LogP contribution in [0, 0.1) is 0 Å². The largest absolute Gasteiger partial charge is 0.389 e. The fourth-order valence-electron chi connectivity index (χ4n) is 3.67. The minimum atomic E-state index is -0.874. The quantitative estimate of drug-likeness (QED) is 0.701. The van der Waals surface area contributed by atoms with E-state index in [2.05, 4.69) is 20.3 Å². The molecule has 1 aliphatic heterocycles. The minimum Gasteiger partial charge on any atom is -0.389 e. The van der Waals surface area contributed by atoms with Gasteiger partial charge in [-0.25, -0.2) is 4.98 Å². The first-order valence-corrected chi connectivity index (χ1v) is 10.0. The van der Waals surface area contributed by atoms with Crippen LogP contribution in [0.3, 0.4) is 0 Å². The third kappa shape index (κ3) is 3.20. The number of hydrogen-bond donors (Lipinski definition) is 3. The Labute approximate surface area is 155 Å². The fraction of sp³-hybridized carbons (Fsp3) is 0.688. The summed E-state index contributed by atoms with van der Waals surface area (Å²) in [7, 11) is 0. The standard InChI is InChI=1S/C16H22ClN5O2S/c1-8-11(23)12(24)15(25-8)22-7-18-10-13(20-16(17)21-14(10)22)19-9-5-3-2-4-6-9/h7-9,11-12,15,23-24H,2-6H2,1H3,(H,19,20,21)/t8-,11+,12+,15+/m0/s1. The first-order valence-electron chi connectivity index (χ1n) is 8.73. The first-order chi connectivity index (χ1) is 12.0. The number of rotatable bonds is 3. The lowest BCUT2D eigenvalue weighted by molar-refractivity contribution is 0.0206. The highest BCUT2D eigenvalue weighted by Gasteiger charge is 2.41. The minimum absolute atomic E-state index is 0.0606. The van der Waals surface area contributed by atoms with Gasteiger partial charge in [0.15, 0.2) is 17.0 Å². The van der Waals surface area contributed by atoms with E-state index in [-0.39, 0.29) is 15.9 Å². The van der Waals surface area contributed by atoms with Crippen molar-refractivity contribution in [2.45, 2.75) is 67.9 Å². The average molecular weight is 384 g/mol. The molecule has 9 heteroatoms. The Kier molecular flexibility index (Phi) is 4.79. The number of halogens is 1. The van der Waals surface area contributed by atoms with Gasteiger partial charge in [-0.1, -0.05) is 26.2 Å². The van der Waals surface area contributed by atoms with Gasteiger partial charge in [0, 0.05) is 11.3 Å². The highest BCUT2D eigenvalue weighted by molar-refractivity contribution is 8.00. The monoisotopic (exact) mass is 383 g/mol. The van der Waals surface area contributed by atoms with E-state index in [0.29, 0.717) is 23.0 Å². The second-order valence-corrected chi connectivity index (χ2v) is 8.69. The van der Waals surface area contributed by atoms with Gasteiger partial charge in [-0.3, -0.25) is 4.57 Å². The molecule has 2 fully saturated rings. The highest BCUT2D eigenvalue weighted by atomic mass is 35.5. The second kappa shape index (κ2) is 6.90. The average Bonchev–Trinajstić information content (AvgIpc) is 3.12. The molecule has 0 radical (unpaired) electrons. The third-order valence-corrected chi connectivity index (χ3v) is 6.75. The molecule has 0 amide bonds. The molecule has 4 rings (SSSR count). The van der Waals surface area contributed by atoms with Gasteiger partial charge in [0.05, 0.1) is 12.4 Å². The summed E-state index contributed by atoms with van der Waals surface area (Å²) in [6.07, 6.45) is 5.95. The third-order valence-electron chi connectivity index (χ3n) is 5.09.